The minimum atomic E-state index is 0.712. The number of nitrogens with one attached hydrogen (secondary N) is 1. The second kappa shape index (κ2) is 8.34. The number of benzene rings is 1. The van der Waals surface area contributed by atoms with Crippen molar-refractivity contribution >= 4 is 11.8 Å². The second-order valence-corrected chi connectivity index (χ2v) is 5.82. The minimum absolute atomic E-state index is 0.712. The van der Waals surface area contributed by atoms with Crippen LogP contribution in [0.4, 0.5) is 5.82 Å². The van der Waals surface area contributed by atoms with Gasteiger partial charge in [0.05, 0.1) is 6.54 Å². The highest BCUT2D eigenvalue weighted by Gasteiger charge is 2.20. The molecule has 1 aromatic carbocycles. The lowest BCUT2D eigenvalue weighted by Gasteiger charge is -2.37. The Morgan fingerprint density at radius 3 is 2.46 bits per heavy atom. The molecular formula is C19H25N5. The lowest BCUT2D eigenvalue weighted by Crippen LogP contribution is -2.52. The third kappa shape index (κ3) is 4.25. The average molecular weight is 323 g/mol. The summed E-state index contributed by atoms with van der Waals surface area (Å²) in [7, 11) is 0. The summed E-state index contributed by atoms with van der Waals surface area (Å²) in [6.07, 6.45) is 1.85. The molecule has 1 N–H and O–H groups in total. The van der Waals surface area contributed by atoms with Crippen LogP contribution in [0.15, 0.2) is 59.7 Å². The predicted octanol–water partition coefficient (Wildman–Crippen LogP) is 2.37. The van der Waals surface area contributed by atoms with Crippen LogP contribution < -0.4 is 10.2 Å². The smallest absolute Gasteiger partial charge is 0.194 e. The maximum Gasteiger partial charge on any atom is 0.194 e. The molecule has 0 radical (unpaired) electrons. The number of guanidine groups is 1. The molecular weight excluding hydrogens is 298 g/mol. The van der Waals surface area contributed by atoms with Gasteiger partial charge in [0.1, 0.15) is 5.82 Å². The Morgan fingerprint density at radius 2 is 1.79 bits per heavy atom. The molecule has 3 rings (SSSR count). The minimum Gasteiger partial charge on any atom is -0.357 e. The van der Waals surface area contributed by atoms with Gasteiger partial charge in [0, 0.05) is 38.9 Å². The van der Waals surface area contributed by atoms with Gasteiger partial charge in [0.2, 0.25) is 0 Å². The molecule has 24 heavy (non-hydrogen) atoms. The molecule has 5 nitrogen and oxygen atoms in total. The van der Waals surface area contributed by atoms with Gasteiger partial charge in [-0.05, 0) is 24.6 Å². The zero-order valence-corrected chi connectivity index (χ0v) is 14.2. The lowest BCUT2D eigenvalue weighted by molar-refractivity contribution is 0.371. The number of hydrogen-bond donors (Lipinski definition) is 1. The summed E-state index contributed by atoms with van der Waals surface area (Å²) in [5, 5.41) is 3.42. The Morgan fingerprint density at radius 1 is 1.04 bits per heavy atom. The molecule has 0 spiro atoms. The van der Waals surface area contributed by atoms with Crippen molar-refractivity contribution in [2.45, 2.75) is 13.5 Å². The Labute approximate surface area is 144 Å². The van der Waals surface area contributed by atoms with E-state index in [9.17, 15) is 0 Å². The van der Waals surface area contributed by atoms with Crippen LogP contribution >= 0.6 is 0 Å². The SMILES string of the molecule is CCNC(=NCc1ccccc1)N1CCN(c2ccccn2)CC1. The average Bonchev–Trinajstić information content (AvgIpc) is 2.67. The first-order valence-electron chi connectivity index (χ1n) is 8.60. The number of piperazine rings is 1. The molecule has 1 aliphatic rings. The fourth-order valence-electron chi connectivity index (χ4n) is 2.86. The summed E-state index contributed by atoms with van der Waals surface area (Å²) in [5.74, 6) is 2.06. The van der Waals surface area contributed by atoms with Gasteiger partial charge < -0.3 is 15.1 Å². The Balaban J connectivity index is 1.61. The van der Waals surface area contributed by atoms with E-state index in [0.717, 1.165) is 44.5 Å². The van der Waals surface area contributed by atoms with Crippen LogP contribution in [0.2, 0.25) is 0 Å². The molecule has 5 heteroatoms. The van der Waals surface area contributed by atoms with Crippen molar-refractivity contribution in [2.75, 3.05) is 37.6 Å². The van der Waals surface area contributed by atoms with E-state index in [2.05, 4.69) is 57.4 Å². The molecule has 0 atom stereocenters. The zero-order valence-electron chi connectivity index (χ0n) is 14.2. The normalized spacial score (nSPS) is 15.5. The summed E-state index contributed by atoms with van der Waals surface area (Å²) in [6, 6.07) is 16.5. The first kappa shape index (κ1) is 16.3. The number of pyridine rings is 1. The summed E-state index contributed by atoms with van der Waals surface area (Å²) in [4.78, 5) is 13.9. The number of nitrogens with zero attached hydrogens (tertiary/aromatic N) is 4. The molecule has 0 saturated carbocycles. The number of aliphatic imine (C=N–C) groups is 1. The van der Waals surface area contributed by atoms with Gasteiger partial charge in [0.25, 0.3) is 0 Å². The molecule has 1 aliphatic heterocycles. The van der Waals surface area contributed by atoms with Gasteiger partial charge in [-0.3, -0.25) is 0 Å². The molecule has 0 aliphatic carbocycles. The van der Waals surface area contributed by atoms with Crippen molar-refractivity contribution in [3.05, 3.63) is 60.3 Å². The maximum atomic E-state index is 4.80. The molecule has 0 bridgehead atoms. The van der Waals surface area contributed by atoms with Crippen LogP contribution in [0.1, 0.15) is 12.5 Å². The van der Waals surface area contributed by atoms with Crippen LogP contribution in [-0.2, 0) is 6.54 Å². The maximum absolute atomic E-state index is 4.80. The van der Waals surface area contributed by atoms with E-state index in [1.807, 2.05) is 24.4 Å². The molecule has 0 amide bonds. The van der Waals surface area contributed by atoms with Crippen LogP contribution in [0.5, 0.6) is 0 Å². The van der Waals surface area contributed by atoms with Gasteiger partial charge in [0.15, 0.2) is 5.96 Å². The quantitative estimate of drug-likeness (QED) is 0.693. The summed E-state index contributed by atoms with van der Waals surface area (Å²) >= 11 is 0. The molecule has 2 heterocycles. The summed E-state index contributed by atoms with van der Waals surface area (Å²) < 4.78 is 0. The van der Waals surface area contributed by atoms with Crippen LogP contribution in [0, 0.1) is 0 Å². The largest absolute Gasteiger partial charge is 0.357 e. The van der Waals surface area contributed by atoms with Gasteiger partial charge in [-0.25, -0.2) is 9.98 Å². The number of anilines is 1. The zero-order chi connectivity index (χ0) is 16.6. The number of hydrogen-bond acceptors (Lipinski definition) is 3. The highest BCUT2D eigenvalue weighted by Crippen LogP contribution is 2.12. The first-order chi connectivity index (χ1) is 11.9. The van der Waals surface area contributed by atoms with Gasteiger partial charge in [-0.2, -0.15) is 0 Å². The summed E-state index contributed by atoms with van der Waals surface area (Å²) in [6.45, 7) is 7.55. The van der Waals surface area contributed by atoms with Gasteiger partial charge in [-0.1, -0.05) is 36.4 Å². The van der Waals surface area contributed by atoms with E-state index in [0.29, 0.717) is 6.54 Å². The van der Waals surface area contributed by atoms with Crippen molar-refractivity contribution in [3.8, 4) is 0 Å². The third-order valence-corrected chi connectivity index (χ3v) is 4.14. The monoisotopic (exact) mass is 323 g/mol. The number of rotatable bonds is 4. The molecule has 1 fully saturated rings. The Bertz CT molecular complexity index is 633. The van der Waals surface area contributed by atoms with Crippen molar-refractivity contribution in [3.63, 3.8) is 0 Å². The van der Waals surface area contributed by atoms with Crippen molar-refractivity contribution in [1.29, 1.82) is 0 Å². The van der Waals surface area contributed by atoms with E-state index in [-0.39, 0.29) is 0 Å². The van der Waals surface area contributed by atoms with E-state index in [4.69, 9.17) is 4.99 Å². The molecule has 126 valence electrons. The van der Waals surface area contributed by atoms with E-state index in [1.165, 1.54) is 5.56 Å². The van der Waals surface area contributed by atoms with Crippen molar-refractivity contribution in [2.24, 2.45) is 4.99 Å². The topological polar surface area (TPSA) is 43.8 Å². The fourth-order valence-corrected chi connectivity index (χ4v) is 2.86. The van der Waals surface area contributed by atoms with Gasteiger partial charge >= 0.3 is 0 Å². The van der Waals surface area contributed by atoms with Crippen molar-refractivity contribution in [1.82, 2.24) is 15.2 Å². The predicted molar refractivity (Wildman–Crippen MR) is 99.3 cm³/mol. The fraction of sp³-hybridized carbons (Fsp3) is 0.368. The van der Waals surface area contributed by atoms with Gasteiger partial charge in [-0.15, -0.1) is 0 Å². The standard InChI is InChI=1S/C19H25N5/c1-2-20-19(22-16-17-8-4-3-5-9-17)24-14-12-23(13-15-24)18-10-6-7-11-21-18/h3-11H,2,12-16H2,1H3,(H,20,22). The highest BCUT2D eigenvalue weighted by molar-refractivity contribution is 5.80. The van der Waals surface area contributed by atoms with E-state index < -0.39 is 0 Å². The Kier molecular flexibility index (Phi) is 5.66. The molecule has 0 unspecified atom stereocenters. The van der Waals surface area contributed by atoms with Crippen molar-refractivity contribution < 1.29 is 0 Å². The highest BCUT2D eigenvalue weighted by atomic mass is 15.4. The number of aromatic nitrogens is 1. The van der Waals surface area contributed by atoms with Crippen LogP contribution in [-0.4, -0.2) is 48.6 Å². The molecule has 1 aromatic heterocycles. The van der Waals surface area contributed by atoms with E-state index in [1.54, 1.807) is 0 Å². The molecule has 1 saturated heterocycles. The van der Waals surface area contributed by atoms with Crippen LogP contribution in [0.3, 0.4) is 0 Å². The van der Waals surface area contributed by atoms with E-state index >= 15 is 0 Å². The Hall–Kier alpha value is -2.56. The second-order valence-electron chi connectivity index (χ2n) is 5.82. The lowest BCUT2D eigenvalue weighted by atomic mass is 10.2. The first-order valence-corrected chi connectivity index (χ1v) is 8.60. The molecule has 2 aromatic rings. The van der Waals surface area contributed by atoms with Crippen LogP contribution in [0.25, 0.3) is 0 Å². The summed E-state index contributed by atoms with van der Waals surface area (Å²) in [5.41, 5.74) is 1.24. The third-order valence-electron chi connectivity index (χ3n) is 4.14.